The van der Waals surface area contributed by atoms with Gasteiger partial charge in [-0.3, -0.25) is 4.79 Å². The highest BCUT2D eigenvalue weighted by Gasteiger charge is 2.19. The molecule has 0 radical (unpaired) electrons. The van der Waals surface area contributed by atoms with Gasteiger partial charge in [-0.15, -0.1) is 0 Å². The van der Waals surface area contributed by atoms with Crippen molar-refractivity contribution >= 4 is 5.91 Å². The Hall–Kier alpha value is -1.55. The van der Waals surface area contributed by atoms with E-state index < -0.39 is 0 Å². The Bertz CT molecular complexity index is 383. The lowest BCUT2D eigenvalue weighted by Crippen LogP contribution is -2.27. The van der Waals surface area contributed by atoms with Gasteiger partial charge in [-0.2, -0.15) is 0 Å². The number of methoxy groups -OCH3 is 1. The van der Waals surface area contributed by atoms with E-state index in [4.69, 9.17) is 9.47 Å². The predicted molar refractivity (Wildman–Crippen MR) is 69.0 cm³/mol. The van der Waals surface area contributed by atoms with Crippen LogP contribution in [0.15, 0.2) is 24.3 Å². The second-order valence-corrected chi connectivity index (χ2v) is 4.36. The lowest BCUT2D eigenvalue weighted by Gasteiger charge is -2.15. The maximum Gasteiger partial charge on any atom is 0.253 e. The van der Waals surface area contributed by atoms with Crippen LogP contribution in [0.5, 0.6) is 5.75 Å². The van der Waals surface area contributed by atoms with Gasteiger partial charge in [0.15, 0.2) is 0 Å². The maximum atomic E-state index is 12.1. The van der Waals surface area contributed by atoms with Gasteiger partial charge in [0.05, 0.1) is 6.61 Å². The first-order valence-electron chi connectivity index (χ1n) is 6.32. The molecule has 1 aromatic carbocycles. The summed E-state index contributed by atoms with van der Waals surface area (Å²) in [5.41, 5.74) is 0.732. The summed E-state index contributed by atoms with van der Waals surface area (Å²) in [6, 6.07) is 7.31. The van der Waals surface area contributed by atoms with Gasteiger partial charge in [0, 0.05) is 25.8 Å². The Morgan fingerprint density at radius 1 is 1.17 bits per heavy atom. The third kappa shape index (κ3) is 3.23. The van der Waals surface area contributed by atoms with Gasteiger partial charge in [0.25, 0.3) is 5.91 Å². The van der Waals surface area contributed by atoms with E-state index in [0.717, 1.165) is 37.2 Å². The summed E-state index contributed by atoms with van der Waals surface area (Å²) in [6.07, 6.45) is 2.23. The Morgan fingerprint density at radius 3 is 2.44 bits per heavy atom. The molecule has 1 saturated heterocycles. The minimum Gasteiger partial charge on any atom is -0.491 e. The Kier molecular flexibility index (Phi) is 4.59. The van der Waals surface area contributed by atoms with Gasteiger partial charge < -0.3 is 14.4 Å². The van der Waals surface area contributed by atoms with Crippen LogP contribution in [0.3, 0.4) is 0 Å². The molecule has 1 heterocycles. The van der Waals surface area contributed by atoms with Crippen LogP contribution >= 0.6 is 0 Å². The lowest BCUT2D eigenvalue weighted by atomic mass is 10.2. The molecule has 4 heteroatoms. The van der Waals surface area contributed by atoms with Gasteiger partial charge in [-0.25, -0.2) is 0 Å². The quantitative estimate of drug-likeness (QED) is 0.749. The van der Waals surface area contributed by atoms with Crippen LogP contribution in [-0.2, 0) is 4.74 Å². The zero-order valence-electron chi connectivity index (χ0n) is 10.7. The number of ether oxygens (including phenoxy) is 2. The van der Waals surface area contributed by atoms with Crippen LogP contribution in [0.25, 0.3) is 0 Å². The molecular weight excluding hydrogens is 230 g/mol. The van der Waals surface area contributed by atoms with Crippen molar-refractivity contribution < 1.29 is 14.3 Å². The molecule has 0 unspecified atom stereocenters. The van der Waals surface area contributed by atoms with E-state index in [1.807, 2.05) is 29.2 Å². The lowest BCUT2D eigenvalue weighted by molar-refractivity contribution is 0.0792. The zero-order chi connectivity index (χ0) is 12.8. The number of hydrogen-bond donors (Lipinski definition) is 0. The standard InChI is InChI=1S/C14H19NO3/c1-17-10-11-18-13-6-4-12(5-7-13)14(16)15-8-2-3-9-15/h4-7H,2-3,8-11H2,1H3. The van der Waals surface area contributed by atoms with Crippen LogP contribution in [0.1, 0.15) is 23.2 Å². The molecular formula is C14H19NO3. The fourth-order valence-electron chi connectivity index (χ4n) is 2.04. The summed E-state index contributed by atoms with van der Waals surface area (Å²) in [6.45, 7) is 2.85. The summed E-state index contributed by atoms with van der Waals surface area (Å²) in [5, 5.41) is 0. The molecule has 0 aromatic heterocycles. The molecule has 0 bridgehead atoms. The van der Waals surface area contributed by atoms with Crippen LogP contribution in [0, 0.1) is 0 Å². The van der Waals surface area contributed by atoms with E-state index in [1.54, 1.807) is 7.11 Å². The van der Waals surface area contributed by atoms with Crippen molar-refractivity contribution in [3.8, 4) is 5.75 Å². The molecule has 18 heavy (non-hydrogen) atoms. The zero-order valence-corrected chi connectivity index (χ0v) is 10.7. The third-order valence-corrected chi connectivity index (χ3v) is 3.05. The largest absolute Gasteiger partial charge is 0.491 e. The SMILES string of the molecule is COCCOc1ccc(C(=O)N2CCCC2)cc1. The molecule has 4 nitrogen and oxygen atoms in total. The van der Waals surface area contributed by atoms with Crippen LogP contribution in [0.4, 0.5) is 0 Å². The molecule has 1 aliphatic heterocycles. The summed E-state index contributed by atoms with van der Waals surface area (Å²) in [5.74, 6) is 0.890. The average Bonchev–Trinajstić information content (AvgIpc) is 2.93. The van der Waals surface area contributed by atoms with Crippen molar-refractivity contribution in [2.24, 2.45) is 0 Å². The van der Waals surface area contributed by atoms with Gasteiger partial charge in [-0.1, -0.05) is 0 Å². The highest BCUT2D eigenvalue weighted by atomic mass is 16.5. The van der Waals surface area contributed by atoms with Crippen molar-refractivity contribution in [3.63, 3.8) is 0 Å². The summed E-state index contributed by atoms with van der Waals surface area (Å²) in [4.78, 5) is 14.0. The molecule has 0 spiro atoms. The molecule has 0 atom stereocenters. The Balaban J connectivity index is 1.92. The first-order valence-corrected chi connectivity index (χ1v) is 6.32. The van der Waals surface area contributed by atoms with Crippen molar-refractivity contribution in [1.29, 1.82) is 0 Å². The van der Waals surface area contributed by atoms with E-state index in [-0.39, 0.29) is 5.91 Å². The Morgan fingerprint density at radius 2 is 1.83 bits per heavy atom. The first kappa shape index (κ1) is 12.9. The van der Waals surface area contributed by atoms with Gasteiger partial charge >= 0.3 is 0 Å². The molecule has 98 valence electrons. The number of nitrogens with zero attached hydrogens (tertiary/aromatic N) is 1. The van der Waals surface area contributed by atoms with E-state index in [2.05, 4.69) is 0 Å². The van der Waals surface area contributed by atoms with E-state index in [9.17, 15) is 4.79 Å². The molecule has 0 saturated carbocycles. The van der Waals surface area contributed by atoms with Crippen molar-refractivity contribution in [2.75, 3.05) is 33.4 Å². The monoisotopic (exact) mass is 249 g/mol. The van der Waals surface area contributed by atoms with Crippen LogP contribution in [0.2, 0.25) is 0 Å². The minimum atomic E-state index is 0.121. The number of carbonyl (C=O) groups is 1. The molecule has 1 aliphatic rings. The second kappa shape index (κ2) is 6.40. The summed E-state index contributed by atoms with van der Waals surface area (Å²) < 4.78 is 10.4. The van der Waals surface area contributed by atoms with Crippen LogP contribution in [-0.4, -0.2) is 44.2 Å². The minimum absolute atomic E-state index is 0.121. The highest BCUT2D eigenvalue weighted by molar-refractivity contribution is 5.94. The predicted octanol–water partition coefficient (Wildman–Crippen LogP) is 1.95. The topological polar surface area (TPSA) is 38.8 Å². The molecule has 2 rings (SSSR count). The van der Waals surface area contributed by atoms with Gasteiger partial charge in [-0.05, 0) is 37.1 Å². The van der Waals surface area contributed by atoms with E-state index in [1.165, 1.54) is 0 Å². The van der Waals surface area contributed by atoms with Crippen molar-refractivity contribution in [3.05, 3.63) is 29.8 Å². The first-order chi connectivity index (χ1) is 8.81. The van der Waals surface area contributed by atoms with Crippen molar-refractivity contribution in [2.45, 2.75) is 12.8 Å². The molecule has 0 aliphatic carbocycles. The smallest absolute Gasteiger partial charge is 0.253 e. The molecule has 1 amide bonds. The second-order valence-electron chi connectivity index (χ2n) is 4.36. The summed E-state index contributed by atoms with van der Waals surface area (Å²) in [7, 11) is 1.64. The molecule has 0 N–H and O–H groups in total. The number of carbonyl (C=O) groups excluding carboxylic acids is 1. The number of likely N-dealkylation sites (tertiary alicyclic amines) is 1. The fourth-order valence-corrected chi connectivity index (χ4v) is 2.04. The average molecular weight is 249 g/mol. The van der Waals surface area contributed by atoms with Crippen molar-refractivity contribution in [1.82, 2.24) is 4.90 Å². The van der Waals surface area contributed by atoms with Gasteiger partial charge in [0.1, 0.15) is 12.4 Å². The third-order valence-electron chi connectivity index (χ3n) is 3.05. The Labute approximate surface area is 107 Å². The number of amides is 1. The van der Waals surface area contributed by atoms with Crippen LogP contribution < -0.4 is 4.74 Å². The number of hydrogen-bond acceptors (Lipinski definition) is 3. The molecule has 1 fully saturated rings. The number of rotatable bonds is 5. The molecule has 1 aromatic rings. The fraction of sp³-hybridized carbons (Fsp3) is 0.500. The number of benzene rings is 1. The normalized spacial score (nSPS) is 14.8. The van der Waals surface area contributed by atoms with E-state index >= 15 is 0 Å². The maximum absolute atomic E-state index is 12.1. The van der Waals surface area contributed by atoms with E-state index in [0.29, 0.717) is 13.2 Å². The summed E-state index contributed by atoms with van der Waals surface area (Å²) >= 11 is 0. The highest BCUT2D eigenvalue weighted by Crippen LogP contribution is 2.16. The van der Waals surface area contributed by atoms with Gasteiger partial charge in [0.2, 0.25) is 0 Å².